The molecule has 114 valence electrons. The van der Waals surface area contributed by atoms with Crippen LogP contribution in [0.3, 0.4) is 0 Å². The Kier molecular flexibility index (Phi) is 4.40. The number of amidine groups is 1. The number of halogens is 3. The van der Waals surface area contributed by atoms with E-state index >= 15 is 0 Å². The fraction of sp³-hybridized carbons (Fsp3) is 0.533. The van der Waals surface area contributed by atoms with Crippen LogP contribution in [0.2, 0.25) is 10.0 Å². The van der Waals surface area contributed by atoms with Crippen LogP contribution in [0.5, 0.6) is 0 Å². The van der Waals surface area contributed by atoms with Crippen molar-refractivity contribution >= 4 is 45.8 Å². The summed E-state index contributed by atoms with van der Waals surface area (Å²) in [5, 5.41) is 4.14. The van der Waals surface area contributed by atoms with E-state index in [1.807, 2.05) is 0 Å². The molecule has 1 aliphatic carbocycles. The van der Waals surface area contributed by atoms with Crippen molar-refractivity contribution < 1.29 is 4.39 Å². The molecule has 2 unspecified atom stereocenters. The average molecular weight is 347 g/mol. The fourth-order valence-electron chi connectivity index (χ4n) is 3.16. The van der Waals surface area contributed by atoms with E-state index < -0.39 is 5.82 Å². The summed E-state index contributed by atoms with van der Waals surface area (Å²) in [6, 6.07) is 3.08. The van der Waals surface area contributed by atoms with Crippen molar-refractivity contribution in [3.8, 4) is 0 Å². The predicted octanol–water partition coefficient (Wildman–Crippen LogP) is 5.60. The van der Waals surface area contributed by atoms with Crippen molar-refractivity contribution in [2.75, 3.05) is 11.1 Å². The lowest BCUT2D eigenvalue weighted by molar-refractivity contribution is 0.266. The second-order valence-corrected chi connectivity index (χ2v) is 7.79. The van der Waals surface area contributed by atoms with E-state index in [0.29, 0.717) is 5.69 Å². The lowest BCUT2D eigenvalue weighted by atomic mass is 9.78. The summed E-state index contributed by atoms with van der Waals surface area (Å²) in [6.07, 6.45) is 4.84. The fourth-order valence-corrected chi connectivity index (χ4v) is 4.83. The number of thioether (sulfide) groups is 1. The van der Waals surface area contributed by atoms with Gasteiger partial charge in [-0.25, -0.2) is 4.39 Å². The predicted molar refractivity (Wildman–Crippen MR) is 90.3 cm³/mol. The number of hydrogen-bond donors (Lipinski definition) is 1. The minimum Gasteiger partial charge on any atom is -0.335 e. The second kappa shape index (κ2) is 5.98. The first-order valence-electron chi connectivity index (χ1n) is 7.12. The van der Waals surface area contributed by atoms with Crippen molar-refractivity contribution in [3.05, 3.63) is 28.0 Å². The zero-order valence-electron chi connectivity index (χ0n) is 11.8. The molecule has 1 fully saturated rings. The van der Waals surface area contributed by atoms with Gasteiger partial charge in [-0.05, 0) is 30.9 Å². The van der Waals surface area contributed by atoms with Gasteiger partial charge >= 0.3 is 0 Å². The van der Waals surface area contributed by atoms with Crippen LogP contribution in [0.4, 0.5) is 10.1 Å². The molecule has 1 spiro atoms. The Labute approximate surface area is 138 Å². The van der Waals surface area contributed by atoms with Gasteiger partial charge in [0.2, 0.25) is 0 Å². The van der Waals surface area contributed by atoms with Gasteiger partial charge in [-0.2, -0.15) is 0 Å². The molecular formula is C15H17Cl2FN2S. The van der Waals surface area contributed by atoms with Crippen LogP contribution in [0.15, 0.2) is 17.1 Å². The highest BCUT2D eigenvalue weighted by atomic mass is 35.5. The van der Waals surface area contributed by atoms with Gasteiger partial charge in [0.15, 0.2) is 11.0 Å². The molecule has 0 radical (unpaired) electrons. The molecule has 0 aromatic heterocycles. The molecule has 0 bridgehead atoms. The monoisotopic (exact) mass is 346 g/mol. The average Bonchev–Trinajstić information content (AvgIpc) is 2.78. The van der Waals surface area contributed by atoms with E-state index in [2.05, 4.69) is 12.2 Å². The lowest BCUT2D eigenvalue weighted by Gasteiger charge is -2.33. The van der Waals surface area contributed by atoms with Crippen molar-refractivity contribution in [1.82, 2.24) is 0 Å². The first-order chi connectivity index (χ1) is 9.97. The number of aliphatic imine (C=N–C) groups is 1. The highest BCUT2D eigenvalue weighted by molar-refractivity contribution is 8.14. The number of benzene rings is 1. The molecule has 2 atom stereocenters. The summed E-state index contributed by atoms with van der Waals surface area (Å²) in [5.74, 6) is 1.17. The Balaban J connectivity index is 1.77. The van der Waals surface area contributed by atoms with Gasteiger partial charge < -0.3 is 5.32 Å². The third-order valence-electron chi connectivity index (χ3n) is 4.12. The largest absolute Gasteiger partial charge is 0.335 e. The normalized spacial score (nSPS) is 28.8. The van der Waals surface area contributed by atoms with E-state index in [1.165, 1.54) is 12.8 Å². The van der Waals surface area contributed by atoms with Crippen LogP contribution in [0, 0.1) is 11.7 Å². The summed E-state index contributed by atoms with van der Waals surface area (Å²) >= 11 is 13.4. The van der Waals surface area contributed by atoms with E-state index in [4.69, 9.17) is 28.2 Å². The van der Waals surface area contributed by atoms with E-state index in [1.54, 1.807) is 23.9 Å². The third-order valence-corrected chi connectivity index (χ3v) is 5.82. The Bertz CT molecular complexity index is 570. The van der Waals surface area contributed by atoms with Gasteiger partial charge in [-0.1, -0.05) is 54.7 Å². The van der Waals surface area contributed by atoms with Gasteiger partial charge in [-0.15, -0.1) is 0 Å². The Morgan fingerprint density at radius 3 is 2.76 bits per heavy atom. The number of nitrogens with one attached hydrogen (secondary N) is 1. The zero-order chi connectivity index (χ0) is 15.0. The van der Waals surface area contributed by atoms with Crippen LogP contribution in [-0.4, -0.2) is 16.5 Å². The number of hydrogen-bond acceptors (Lipinski definition) is 3. The van der Waals surface area contributed by atoms with Crippen molar-refractivity contribution in [2.45, 2.75) is 38.1 Å². The van der Waals surface area contributed by atoms with Gasteiger partial charge in [0.25, 0.3) is 0 Å². The summed E-state index contributed by atoms with van der Waals surface area (Å²) in [4.78, 5) is 4.90. The molecule has 1 aliphatic heterocycles. The molecule has 0 saturated heterocycles. The molecule has 1 heterocycles. The van der Waals surface area contributed by atoms with Crippen molar-refractivity contribution in [3.63, 3.8) is 0 Å². The standard InChI is InChI=1S/C15H17Cl2FN2S/c1-9-3-2-4-15(7-9)8-21-14(20-15)19-10-5-11(16)13(18)12(17)6-10/h5-6,9H,2-4,7-8H2,1H3,(H,19,20). The lowest BCUT2D eigenvalue weighted by Crippen LogP contribution is -2.33. The first-order valence-corrected chi connectivity index (χ1v) is 8.86. The van der Waals surface area contributed by atoms with Gasteiger partial charge in [-0.3, -0.25) is 4.99 Å². The van der Waals surface area contributed by atoms with Crippen molar-refractivity contribution in [1.29, 1.82) is 0 Å². The van der Waals surface area contributed by atoms with Crippen LogP contribution in [0.25, 0.3) is 0 Å². The SMILES string of the molecule is CC1CCCC2(CSC(Nc3cc(Cl)c(F)c(Cl)c3)=N2)C1. The Hall–Kier alpha value is -0.450. The highest BCUT2D eigenvalue weighted by Gasteiger charge is 2.39. The maximum Gasteiger partial charge on any atom is 0.161 e. The molecule has 21 heavy (non-hydrogen) atoms. The number of nitrogens with zero attached hydrogens (tertiary/aromatic N) is 1. The summed E-state index contributed by atoms with van der Waals surface area (Å²) in [7, 11) is 0. The third kappa shape index (κ3) is 3.33. The minimum absolute atomic E-state index is 0.0228. The van der Waals surface area contributed by atoms with Crippen LogP contribution >= 0.6 is 35.0 Å². The second-order valence-electron chi connectivity index (χ2n) is 6.01. The maximum atomic E-state index is 13.4. The number of rotatable bonds is 1. The zero-order valence-corrected chi connectivity index (χ0v) is 14.1. The van der Waals surface area contributed by atoms with Crippen LogP contribution in [-0.2, 0) is 0 Å². The quantitative estimate of drug-likeness (QED) is 0.669. The Morgan fingerprint density at radius 1 is 1.38 bits per heavy atom. The smallest absolute Gasteiger partial charge is 0.161 e. The molecular weight excluding hydrogens is 330 g/mol. The van der Waals surface area contributed by atoms with Crippen LogP contribution < -0.4 is 5.32 Å². The van der Waals surface area contributed by atoms with E-state index in [-0.39, 0.29) is 15.6 Å². The summed E-state index contributed by atoms with van der Waals surface area (Å²) in [6.45, 7) is 2.30. The number of anilines is 1. The van der Waals surface area contributed by atoms with Gasteiger partial charge in [0.05, 0.1) is 15.6 Å². The van der Waals surface area contributed by atoms with E-state index in [9.17, 15) is 4.39 Å². The highest BCUT2D eigenvalue weighted by Crippen LogP contribution is 2.42. The van der Waals surface area contributed by atoms with Gasteiger partial charge in [0.1, 0.15) is 0 Å². The molecule has 2 aliphatic rings. The topological polar surface area (TPSA) is 24.4 Å². The van der Waals surface area contributed by atoms with Crippen molar-refractivity contribution in [2.24, 2.45) is 10.9 Å². The molecule has 1 aromatic rings. The maximum absolute atomic E-state index is 13.4. The minimum atomic E-state index is -0.581. The summed E-state index contributed by atoms with van der Waals surface area (Å²) < 4.78 is 13.4. The summed E-state index contributed by atoms with van der Waals surface area (Å²) in [5.41, 5.74) is 0.761. The molecule has 6 heteroatoms. The Morgan fingerprint density at radius 2 is 2.10 bits per heavy atom. The molecule has 1 aromatic carbocycles. The first kappa shape index (κ1) is 15.4. The molecule has 3 rings (SSSR count). The molecule has 0 amide bonds. The van der Waals surface area contributed by atoms with E-state index in [0.717, 1.165) is 29.7 Å². The van der Waals surface area contributed by atoms with Crippen LogP contribution in [0.1, 0.15) is 32.6 Å². The van der Waals surface area contributed by atoms with Gasteiger partial charge in [0, 0.05) is 11.4 Å². The molecule has 1 N–H and O–H groups in total. The molecule has 2 nitrogen and oxygen atoms in total. The molecule has 1 saturated carbocycles.